The van der Waals surface area contributed by atoms with Gasteiger partial charge >= 0.3 is 0 Å². The van der Waals surface area contributed by atoms with Crippen molar-refractivity contribution in [3.05, 3.63) is 47.5 Å². The van der Waals surface area contributed by atoms with E-state index >= 15 is 0 Å². The Morgan fingerprint density at radius 3 is 3.17 bits per heavy atom. The Hall–Kier alpha value is -1.81. The minimum Gasteiger partial charge on any atom is -0.493 e. The van der Waals surface area contributed by atoms with Crippen LogP contribution in [-0.2, 0) is 6.54 Å². The summed E-state index contributed by atoms with van der Waals surface area (Å²) in [5.74, 6) is 1.96. The highest BCUT2D eigenvalue weighted by atomic mass is 16.5. The average molecular weight is 243 g/mol. The molecule has 18 heavy (non-hydrogen) atoms. The van der Waals surface area contributed by atoms with Gasteiger partial charge < -0.3 is 15.0 Å². The minimum atomic E-state index is 0.360. The summed E-state index contributed by atoms with van der Waals surface area (Å²) < 4.78 is 5.65. The van der Waals surface area contributed by atoms with Gasteiger partial charge in [0.15, 0.2) is 0 Å². The van der Waals surface area contributed by atoms with Crippen LogP contribution in [-0.4, -0.2) is 16.6 Å². The summed E-state index contributed by atoms with van der Waals surface area (Å²) in [5.41, 5.74) is 2.37. The summed E-state index contributed by atoms with van der Waals surface area (Å²) in [6.07, 6.45) is 2.89. The van der Waals surface area contributed by atoms with E-state index in [2.05, 4.69) is 27.4 Å². The van der Waals surface area contributed by atoms with Crippen molar-refractivity contribution in [2.24, 2.45) is 0 Å². The van der Waals surface area contributed by atoms with Crippen molar-refractivity contribution < 1.29 is 4.74 Å². The van der Waals surface area contributed by atoms with E-state index in [0.29, 0.717) is 6.04 Å². The second-order valence-electron chi connectivity index (χ2n) is 4.60. The molecule has 2 aromatic rings. The van der Waals surface area contributed by atoms with Gasteiger partial charge in [0.05, 0.1) is 6.61 Å². The van der Waals surface area contributed by atoms with Gasteiger partial charge in [0.25, 0.3) is 0 Å². The molecule has 1 aliphatic rings. The van der Waals surface area contributed by atoms with E-state index in [1.54, 1.807) is 0 Å². The molecule has 0 saturated heterocycles. The van der Waals surface area contributed by atoms with Crippen LogP contribution in [0.15, 0.2) is 30.5 Å². The number of H-pyrrole nitrogens is 1. The highest BCUT2D eigenvalue weighted by Crippen LogP contribution is 2.31. The quantitative estimate of drug-likeness (QED) is 0.870. The number of hydrogen-bond acceptors (Lipinski definition) is 3. The second-order valence-corrected chi connectivity index (χ2v) is 4.60. The molecule has 2 N–H and O–H groups in total. The fraction of sp³-hybridized carbons (Fsp3) is 0.357. The molecule has 0 radical (unpaired) electrons. The average Bonchev–Trinajstić information content (AvgIpc) is 2.82. The lowest BCUT2D eigenvalue weighted by Crippen LogP contribution is -2.26. The molecular weight excluding hydrogens is 226 g/mol. The molecule has 1 aromatic heterocycles. The molecule has 1 aliphatic heterocycles. The molecule has 3 rings (SSSR count). The van der Waals surface area contributed by atoms with Gasteiger partial charge in [-0.15, -0.1) is 0 Å². The maximum absolute atomic E-state index is 5.65. The fourth-order valence-electron chi connectivity index (χ4n) is 2.35. The zero-order valence-electron chi connectivity index (χ0n) is 10.4. The van der Waals surface area contributed by atoms with E-state index in [-0.39, 0.29) is 0 Å². The maximum Gasteiger partial charge on any atom is 0.124 e. The van der Waals surface area contributed by atoms with Gasteiger partial charge in [-0.2, -0.15) is 0 Å². The number of aryl methyl sites for hydroxylation is 1. The highest BCUT2D eigenvalue weighted by Gasteiger charge is 2.20. The Morgan fingerprint density at radius 1 is 1.44 bits per heavy atom. The highest BCUT2D eigenvalue weighted by molar-refractivity contribution is 5.37. The molecule has 1 atom stereocenters. The van der Waals surface area contributed by atoms with Crippen LogP contribution in [0.3, 0.4) is 0 Å². The summed E-state index contributed by atoms with van der Waals surface area (Å²) in [5, 5.41) is 3.56. The van der Waals surface area contributed by atoms with Gasteiger partial charge in [-0.3, -0.25) is 0 Å². The molecule has 1 aromatic carbocycles. The van der Waals surface area contributed by atoms with Gasteiger partial charge in [-0.05, 0) is 13.0 Å². The summed E-state index contributed by atoms with van der Waals surface area (Å²) in [7, 11) is 0. The number of nitrogens with one attached hydrogen (secondary N) is 2. The largest absolute Gasteiger partial charge is 0.493 e. The number of rotatable bonds is 3. The molecule has 4 nitrogen and oxygen atoms in total. The first-order valence-electron chi connectivity index (χ1n) is 6.28. The number of aromatic nitrogens is 2. The van der Waals surface area contributed by atoms with Crippen LogP contribution in [0, 0.1) is 6.92 Å². The molecule has 0 bridgehead atoms. The zero-order valence-corrected chi connectivity index (χ0v) is 10.4. The van der Waals surface area contributed by atoms with Crippen LogP contribution in [0.2, 0.25) is 0 Å². The topological polar surface area (TPSA) is 49.9 Å². The van der Waals surface area contributed by atoms with Crippen LogP contribution in [0.4, 0.5) is 0 Å². The van der Waals surface area contributed by atoms with Crippen molar-refractivity contribution in [1.29, 1.82) is 0 Å². The van der Waals surface area contributed by atoms with Crippen LogP contribution in [0.25, 0.3) is 0 Å². The monoisotopic (exact) mass is 243 g/mol. The van der Waals surface area contributed by atoms with E-state index in [4.69, 9.17) is 4.74 Å². The Balaban J connectivity index is 1.71. The molecule has 0 aliphatic carbocycles. The third kappa shape index (κ3) is 2.24. The Kier molecular flexibility index (Phi) is 3.02. The molecule has 0 amide bonds. The van der Waals surface area contributed by atoms with Crippen molar-refractivity contribution in [2.75, 3.05) is 6.61 Å². The lowest BCUT2D eigenvalue weighted by atomic mass is 10.0. The standard InChI is InChI=1S/C14H17N3O/c1-10-15-8-11(17-10)9-16-13-6-7-18-14-5-3-2-4-12(13)14/h2-5,8,13,16H,6-7,9H2,1H3,(H,15,17). The first-order chi connectivity index (χ1) is 8.83. The number of benzene rings is 1. The molecular formula is C14H17N3O. The molecule has 94 valence electrons. The number of hydrogen-bond donors (Lipinski definition) is 2. The van der Waals surface area contributed by atoms with Crippen LogP contribution >= 0.6 is 0 Å². The van der Waals surface area contributed by atoms with Gasteiger partial charge in [0.1, 0.15) is 11.6 Å². The SMILES string of the molecule is Cc1ncc(CNC2CCOc3ccccc32)[nH]1. The Labute approximate surface area is 106 Å². The first-order valence-corrected chi connectivity index (χ1v) is 6.28. The van der Waals surface area contributed by atoms with Gasteiger partial charge in [0, 0.05) is 36.5 Å². The van der Waals surface area contributed by atoms with E-state index in [0.717, 1.165) is 36.8 Å². The summed E-state index contributed by atoms with van der Waals surface area (Å²) in [4.78, 5) is 7.44. The Bertz CT molecular complexity index is 535. The normalized spacial score (nSPS) is 18.2. The van der Waals surface area contributed by atoms with Crippen molar-refractivity contribution in [3.63, 3.8) is 0 Å². The third-order valence-electron chi connectivity index (χ3n) is 3.25. The lowest BCUT2D eigenvalue weighted by Gasteiger charge is -2.26. The van der Waals surface area contributed by atoms with Crippen LogP contribution in [0.1, 0.15) is 29.5 Å². The smallest absolute Gasteiger partial charge is 0.124 e. The third-order valence-corrected chi connectivity index (χ3v) is 3.25. The van der Waals surface area contributed by atoms with Crippen molar-refractivity contribution in [2.45, 2.75) is 25.9 Å². The van der Waals surface area contributed by atoms with Gasteiger partial charge in [-0.1, -0.05) is 18.2 Å². The zero-order chi connectivity index (χ0) is 12.4. The summed E-state index contributed by atoms with van der Waals surface area (Å²) in [6.45, 7) is 3.55. The first kappa shape index (κ1) is 11.3. The van der Waals surface area contributed by atoms with Gasteiger partial charge in [0.2, 0.25) is 0 Å². The lowest BCUT2D eigenvalue weighted by molar-refractivity contribution is 0.252. The molecule has 0 spiro atoms. The van der Waals surface area contributed by atoms with Crippen molar-refractivity contribution >= 4 is 0 Å². The number of nitrogens with zero attached hydrogens (tertiary/aromatic N) is 1. The second kappa shape index (κ2) is 4.82. The van der Waals surface area contributed by atoms with Crippen molar-refractivity contribution in [3.8, 4) is 5.75 Å². The number of imidazole rings is 1. The van der Waals surface area contributed by atoms with Crippen LogP contribution < -0.4 is 10.1 Å². The fourth-order valence-corrected chi connectivity index (χ4v) is 2.35. The minimum absolute atomic E-state index is 0.360. The summed E-state index contributed by atoms with van der Waals surface area (Å²) in [6, 6.07) is 8.59. The predicted molar refractivity (Wildman–Crippen MR) is 69.5 cm³/mol. The van der Waals surface area contributed by atoms with Crippen LogP contribution in [0.5, 0.6) is 5.75 Å². The number of para-hydroxylation sites is 1. The number of aromatic amines is 1. The van der Waals surface area contributed by atoms with E-state index < -0.39 is 0 Å². The molecule has 2 heterocycles. The number of fused-ring (bicyclic) bond motifs is 1. The summed E-state index contributed by atoms with van der Waals surface area (Å²) >= 11 is 0. The molecule has 0 saturated carbocycles. The van der Waals surface area contributed by atoms with Crippen molar-refractivity contribution in [1.82, 2.24) is 15.3 Å². The van der Waals surface area contributed by atoms with Gasteiger partial charge in [-0.25, -0.2) is 4.98 Å². The van der Waals surface area contributed by atoms with E-state index in [1.807, 2.05) is 25.3 Å². The predicted octanol–water partition coefficient (Wildman–Crippen LogP) is 2.33. The Morgan fingerprint density at radius 2 is 2.33 bits per heavy atom. The van der Waals surface area contributed by atoms with E-state index in [9.17, 15) is 0 Å². The molecule has 4 heteroatoms. The molecule has 0 fully saturated rings. The van der Waals surface area contributed by atoms with E-state index in [1.165, 1.54) is 5.56 Å². The maximum atomic E-state index is 5.65. The molecule has 1 unspecified atom stereocenters. The number of ether oxygens (including phenoxy) is 1.